The Balaban J connectivity index is 2.09. The van der Waals surface area contributed by atoms with Gasteiger partial charge in [0.15, 0.2) is 0 Å². The van der Waals surface area contributed by atoms with Crippen molar-refractivity contribution in [3.63, 3.8) is 0 Å². The first-order valence-electron chi connectivity index (χ1n) is 7.23. The van der Waals surface area contributed by atoms with Gasteiger partial charge < -0.3 is 14.8 Å². The van der Waals surface area contributed by atoms with Gasteiger partial charge in [-0.2, -0.15) is 0 Å². The second-order valence-corrected chi connectivity index (χ2v) is 5.27. The highest BCUT2D eigenvalue weighted by Crippen LogP contribution is 2.24. The zero-order valence-electron chi connectivity index (χ0n) is 11.7. The Hall–Kier alpha value is -1.78. The summed E-state index contributed by atoms with van der Waals surface area (Å²) in [7, 11) is 0. The Morgan fingerprint density at radius 1 is 1.35 bits per heavy atom. The van der Waals surface area contributed by atoms with Crippen LogP contribution in [0, 0.1) is 5.92 Å². The van der Waals surface area contributed by atoms with Crippen LogP contribution in [-0.2, 0) is 11.2 Å². The van der Waals surface area contributed by atoms with E-state index in [9.17, 15) is 14.7 Å². The van der Waals surface area contributed by atoms with Crippen LogP contribution in [0.25, 0.3) is 0 Å². The number of aliphatic carboxylic acids is 1. The van der Waals surface area contributed by atoms with Gasteiger partial charge in [-0.3, -0.25) is 9.59 Å². The molecule has 20 heavy (non-hydrogen) atoms. The topological polar surface area (TPSA) is 79.5 Å². The van der Waals surface area contributed by atoms with Crippen LogP contribution in [0.2, 0.25) is 0 Å². The second-order valence-electron chi connectivity index (χ2n) is 5.27. The summed E-state index contributed by atoms with van der Waals surface area (Å²) in [4.78, 5) is 23.6. The van der Waals surface area contributed by atoms with E-state index in [-0.39, 0.29) is 11.9 Å². The minimum absolute atomic E-state index is 0.228. The number of carbonyl (C=O) groups excluding carboxylic acids is 1. The molecule has 5 nitrogen and oxygen atoms in total. The van der Waals surface area contributed by atoms with E-state index in [0.29, 0.717) is 24.2 Å². The van der Waals surface area contributed by atoms with Gasteiger partial charge in [0.05, 0.1) is 17.7 Å². The minimum atomic E-state index is -0.819. The molecule has 1 fully saturated rings. The Bertz CT molecular complexity index is 480. The summed E-state index contributed by atoms with van der Waals surface area (Å²) >= 11 is 0. The summed E-state index contributed by atoms with van der Waals surface area (Å²) in [5, 5.41) is 12.2. The third-order valence-corrected chi connectivity index (χ3v) is 3.96. The van der Waals surface area contributed by atoms with E-state index in [1.807, 2.05) is 6.92 Å². The van der Waals surface area contributed by atoms with E-state index in [4.69, 9.17) is 4.42 Å². The largest absolute Gasteiger partial charge is 0.481 e. The van der Waals surface area contributed by atoms with Crippen molar-refractivity contribution in [1.29, 1.82) is 0 Å². The Morgan fingerprint density at radius 2 is 2.10 bits per heavy atom. The highest BCUT2D eigenvalue weighted by molar-refractivity contribution is 5.95. The molecule has 1 amide bonds. The Morgan fingerprint density at radius 3 is 2.80 bits per heavy atom. The molecule has 1 heterocycles. The minimum Gasteiger partial charge on any atom is -0.481 e. The lowest BCUT2D eigenvalue weighted by molar-refractivity contribution is -0.142. The van der Waals surface area contributed by atoms with Gasteiger partial charge in [-0.15, -0.1) is 0 Å². The Labute approximate surface area is 118 Å². The molecule has 0 saturated heterocycles. The summed E-state index contributed by atoms with van der Waals surface area (Å²) in [5.74, 6) is -0.893. The molecule has 0 aliphatic heterocycles. The predicted molar refractivity (Wildman–Crippen MR) is 73.6 cm³/mol. The maximum absolute atomic E-state index is 12.3. The van der Waals surface area contributed by atoms with Crippen molar-refractivity contribution in [1.82, 2.24) is 5.32 Å². The van der Waals surface area contributed by atoms with Crippen molar-refractivity contribution >= 4 is 11.9 Å². The average Bonchev–Trinajstić information content (AvgIpc) is 2.78. The van der Waals surface area contributed by atoms with Gasteiger partial charge in [0.2, 0.25) is 0 Å². The number of rotatable bonds is 4. The third kappa shape index (κ3) is 3.21. The standard InChI is InChI=1S/C15H21NO4/c1-2-13-11(8-9-20-13)14(17)16-12-7-5-3-4-6-10(12)15(18)19/h8-10,12H,2-7H2,1H3,(H,16,17)(H,18,19)/t10-,12+/m1/s1. The molecule has 1 aromatic rings. The van der Waals surface area contributed by atoms with Gasteiger partial charge in [0.25, 0.3) is 5.91 Å². The fraction of sp³-hybridized carbons (Fsp3) is 0.600. The predicted octanol–water partition coefficient (Wildman–Crippen LogP) is 2.61. The zero-order chi connectivity index (χ0) is 14.5. The van der Waals surface area contributed by atoms with Gasteiger partial charge in [-0.1, -0.05) is 26.2 Å². The number of hydrogen-bond donors (Lipinski definition) is 2. The first kappa shape index (κ1) is 14.6. The highest BCUT2D eigenvalue weighted by atomic mass is 16.4. The van der Waals surface area contributed by atoms with Crippen molar-refractivity contribution in [2.75, 3.05) is 0 Å². The molecule has 2 N–H and O–H groups in total. The van der Waals surface area contributed by atoms with Crippen molar-refractivity contribution in [2.24, 2.45) is 5.92 Å². The van der Waals surface area contributed by atoms with E-state index in [2.05, 4.69) is 5.32 Å². The number of carbonyl (C=O) groups is 2. The van der Waals surface area contributed by atoms with Crippen LogP contribution in [0.4, 0.5) is 0 Å². The lowest BCUT2D eigenvalue weighted by Crippen LogP contribution is -2.43. The normalized spacial score (nSPS) is 23.1. The molecule has 0 radical (unpaired) electrons. The van der Waals surface area contributed by atoms with E-state index in [1.165, 1.54) is 6.26 Å². The summed E-state index contributed by atoms with van der Waals surface area (Å²) < 4.78 is 5.25. The fourth-order valence-corrected chi connectivity index (χ4v) is 2.84. The molecule has 5 heteroatoms. The summed E-state index contributed by atoms with van der Waals surface area (Å²) in [6, 6.07) is 1.35. The zero-order valence-corrected chi connectivity index (χ0v) is 11.7. The fourth-order valence-electron chi connectivity index (χ4n) is 2.84. The van der Waals surface area contributed by atoms with Gasteiger partial charge in [-0.25, -0.2) is 0 Å². The molecule has 2 rings (SSSR count). The van der Waals surface area contributed by atoms with Crippen LogP contribution in [0.5, 0.6) is 0 Å². The lowest BCUT2D eigenvalue weighted by atomic mass is 9.94. The lowest BCUT2D eigenvalue weighted by Gasteiger charge is -2.22. The molecule has 1 aromatic heterocycles. The molecule has 2 atom stereocenters. The Kier molecular flexibility index (Phi) is 4.82. The molecular formula is C15H21NO4. The van der Waals surface area contributed by atoms with Crippen molar-refractivity contribution in [3.05, 3.63) is 23.7 Å². The summed E-state index contributed by atoms with van der Waals surface area (Å²) in [6.07, 6.45) is 6.39. The first-order chi connectivity index (χ1) is 9.63. The van der Waals surface area contributed by atoms with E-state index in [1.54, 1.807) is 6.07 Å². The molecule has 1 aliphatic carbocycles. The van der Waals surface area contributed by atoms with Crippen molar-refractivity contribution < 1.29 is 19.1 Å². The quantitative estimate of drug-likeness (QED) is 0.830. The number of carboxylic acid groups (broad SMARTS) is 1. The van der Waals surface area contributed by atoms with Crippen LogP contribution in [0.1, 0.15) is 55.1 Å². The molecule has 0 unspecified atom stereocenters. The number of furan rings is 1. The van der Waals surface area contributed by atoms with E-state index >= 15 is 0 Å². The monoisotopic (exact) mass is 279 g/mol. The van der Waals surface area contributed by atoms with Crippen LogP contribution in [-0.4, -0.2) is 23.0 Å². The van der Waals surface area contributed by atoms with E-state index in [0.717, 1.165) is 25.7 Å². The van der Waals surface area contributed by atoms with Crippen molar-refractivity contribution in [2.45, 2.75) is 51.5 Å². The van der Waals surface area contributed by atoms with Crippen molar-refractivity contribution in [3.8, 4) is 0 Å². The van der Waals surface area contributed by atoms with Gasteiger partial charge in [0, 0.05) is 12.5 Å². The van der Waals surface area contributed by atoms with Crippen LogP contribution >= 0.6 is 0 Å². The number of nitrogens with one attached hydrogen (secondary N) is 1. The van der Waals surface area contributed by atoms with E-state index < -0.39 is 11.9 Å². The highest BCUT2D eigenvalue weighted by Gasteiger charge is 2.31. The molecule has 0 spiro atoms. The second kappa shape index (κ2) is 6.59. The average molecular weight is 279 g/mol. The number of carboxylic acids is 1. The maximum atomic E-state index is 12.3. The number of aryl methyl sites for hydroxylation is 1. The SMILES string of the molecule is CCc1occc1C(=O)N[C@H]1CCCCC[C@H]1C(=O)O. The summed E-state index contributed by atoms with van der Waals surface area (Å²) in [6.45, 7) is 1.92. The molecule has 110 valence electrons. The first-order valence-corrected chi connectivity index (χ1v) is 7.23. The van der Waals surface area contributed by atoms with Crippen LogP contribution in [0.3, 0.4) is 0 Å². The molecule has 1 saturated carbocycles. The summed E-state index contributed by atoms with van der Waals surface area (Å²) in [5.41, 5.74) is 0.515. The molecule has 0 bridgehead atoms. The molecular weight excluding hydrogens is 258 g/mol. The maximum Gasteiger partial charge on any atom is 0.308 e. The molecule has 1 aliphatic rings. The van der Waals surface area contributed by atoms with Gasteiger partial charge in [0.1, 0.15) is 5.76 Å². The van der Waals surface area contributed by atoms with Crippen LogP contribution in [0.15, 0.2) is 16.7 Å². The molecule has 0 aromatic carbocycles. The number of amides is 1. The smallest absolute Gasteiger partial charge is 0.308 e. The van der Waals surface area contributed by atoms with Gasteiger partial charge in [-0.05, 0) is 18.9 Å². The van der Waals surface area contributed by atoms with Gasteiger partial charge >= 0.3 is 5.97 Å². The number of hydrogen-bond acceptors (Lipinski definition) is 3. The van der Waals surface area contributed by atoms with Crippen LogP contribution < -0.4 is 5.32 Å². The third-order valence-electron chi connectivity index (χ3n) is 3.96.